The van der Waals surface area contributed by atoms with Crippen LogP contribution in [0.3, 0.4) is 0 Å². The lowest BCUT2D eigenvalue weighted by molar-refractivity contribution is -0.0790. The summed E-state index contributed by atoms with van der Waals surface area (Å²) in [6.45, 7) is 7.60. The zero-order valence-corrected chi connectivity index (χ0v) is 12.5. The summed E-state index contributed by atoms with van der Waals surface area (Å²) in [6.07, 6.45) is 3.37. The topological polar surface area (TPSA) is 61.4 Å². The zero-order valence-electron chi connectivity index (χ0n) is 11.7. The van der Waals surface area contributed by atoms with E-state index in [1.165, 1.54) is 39.1 Å². The van der Waals surface area contributed by atoms with Gasteiger partial charge >= 0.3 is 0 Å². The summed E-state index contributed by atoms with van der Waals surface area (Å²) in [5, 5.41) is 3.41. The first kappa shape index (κ1) is 13.8. The Morgan fingerprint density at radius 2 is 2.11 bits per heavy atom. The number of nitrogens with one attached hydrogen (secondary N) is 2. The van der Waals surface area contributed by atoms with Crippen LogP contribution in [0.25, 0.3) is 0 Å². The maximum absolute atomic E-state index is 11.5. The van der Waals surface area contributed by atoms with Crippen LogP contribution in [-0.2, 0) is 10.0 Å². The summed E-state index contributed by atoms with van der Waals surface area (Å²) in [7, 11) is -3.02. The average molecular weight is 287 g/mol. The lowest BCUT2D eigenvalue weighted by atomic mass is 9.61. The lowest BCUT2D eigenvalue weighted by Crippen LogP contribution is -2.66. The van der Waals surface area contributed by atoms with Gasteiger partial charge in [-0.3, -0.25) is 0 Å². The second-order valence-electron chi connectivity index (χ2n) is 6.65. The standard InChI is InChI=1S/C13H25N3O2S/c1-2-19(17,18)15-12-5-13(6-12)9-16(10-13)8-11-3-4-14-7-11/h11-12,14-15H,2-10H2,1H3. The minimum Gasteiger partial charge on any atom is -0.316 e. The van der Waals surface area contributed by atoms with E-state index in [1.54, 1.807) is 6.92 Å². The van der Waals surface area contributed by atoms with Crippen LogP contribution in [0.5, 0.6) is 0 Å². The molecule has 2 saturated heterocycles. The number of hydrogen-bond donors (Lipinski definition) is 2. The second-order valence-corrected chi connectivity index (χ2v) is 8.70. The quantitative estimate of drug-likeness (QED) is 0.747. The molecule has 0 amide bonds. The molecule has 5 nitrogen and oxygen atoms in total. The molecule has 3 fully saturated rings. The molecule has 3 rings (SSSR count). The van der Waals surface area contributed by atoms with E-state index >= 15 is 0 Å². The van der Waals surface area contributed by atoms with Crippen molar-refractivity contribution in [1.29, 1.82) is 0 Å². The first-order valence-electron chi connectivity index (χ1n) is 7.43. The Morgan fingerprint density at radius 3 is 2.68 bits per heavy atom. The molecule has 0 radical (unpaired) electrons. The Morgan fingerprint density at radius 1 is 1.37 bits per heavy atom. The minimum atomic E-state index is -3.02. The number of likely N-dealkylation sites (tertiary alicyclic amines) is 1. The maximum Gasteiger partial charge on any atom is 0.211 e. The molecule has 0 aromatic heterocycles. The van der Waals surface area contributed by atoms with Crippen LogP contribution in [0, 0.1) is 11.3 Å². The Labute approximate surface area is 116 Å². The van der Waals surface area contributed by atoms with Crippen molar-refractivity contribution in [2.45, 2.75) is 32.2 Å². The summed E-state index contributed by atoms with van der Waals surface area (Å²) in [5.74, 6) is 1.02. The van der Waals surface area contributed by atoms with Crippen molar-refractivity contribution >= 4 is 10.0 Å². The number of rotatable bonds is 5. The average Bonchev–Trinajstić information content (AvgIpc) is 2.76. The molecular formula is C13H25N3O2S. The van der Waals surface area contributed by atoms with Crippen LogP contribution in [0.2, 0.25) is 0 Å². The maximum atomic E-state index is 11.5. The third kappa shape index (κ3) is 2.96. The fourth-order valence-electron chi connectivity index (χ4n) is 3.93. The molecule has 2 heterocycles. The van der Waals surface area contributed by atoms with Crippen LogP contribution < -0.4 is 10.0 Å². The predicted octanol–water partition coefficient (Wildman–Crippen LogP) is -0.000400. The largest absolute Gasteiger partial charge is 0.316 e. The van der Waals surface area contributed by atoms with E-state index in [0.717, 1.165) is 18.8 Å². The van der Waals surface area contributed by atoms with Gasteiger partial charge in [-0.2, -0.15) is 0 Å². The van der Waals surface area contributed by atoms with E-state index in [2.05, 4.69) is 14.9 Å². The molecule has 19 heavy (non-hydrogen) atoms. The highest BCUT2D eigenvalue weighted by atomic mass is 32.2. The van der Waals surface area contributed by atoms with Crippen molar-refractivity contribution in [2.75, 3.05) is 38.5 Å². The van der Waals surface area contributed by atoms with Crippen LogP contribution in [0.1, 0.15) is 26.2 Å². The number of sulfonamides is 1. The Hall–Kier alpha value is -0.170. The Bertz CT molecular complexity index is 417. The first-order chi connectivity index (χ1) is 9.00. The molecule has 1 unspecified atom stereocenters. The SMILES string of the molecule is CCS(=O)(=O)NC1CC2(C1)CN(CC1CCNC1)C2. The molecule has 6 heteroatoms. The third-order valence-electron chi connectivity index (χ3n) is 4.88. The van der Waals surface area contributed by atoms with Gasteiger partial charge in [-0.15, -0.1) is 0 Å². The van der Waals surface area contributed by atoms with Gasteiger partial charge in [0.1, 0.15) is 0 Å². The van der Waals surface area contributed by atoms with Gasteiger partial charge in [0, 0.05) is 25.7 Å². The van der Waals surface area contributed by atoms with Crippen molar-refractivity contribution in [1.82, 2.24) is 14.9 Å². The summed E-state index contributed by atoms with van der Waals surface area (Å²) >= 11 is 0. The Kier molecular flexibility index (Phi) is 3.62. The van der Waals surface area contributed by atoms with Crippen LogP contribution in [0.4, 0.5) is 0 Å². The normalized spacial score (nSPS) is 31.3. The minimum absolute atomic E-state index is 0.192. The summed E-state index contributed by atoms with van der Waals surface area (Å²) < 4.78 is 25.8. The molecule has 1 saturated carbocycles. The molecule has 110 valence electrons. The van der Waals surface area contributed by atoms with Gasteiger partial charge in [0.25, 0.3) is 0 Å². The highest BCUT2D eigenvalue weighted by molar-refractivity contribution is 7.89. The van der Waals surface area contributed by atoms with Crippen molar-refractivity contribution in [3.05, 3.63) is 0 Å². The van der Waals surface area contributed by atoms with Crippen LogP contribution in [-0.4, -0.2) is 57.8 Å². The van der Waals surface area contributed by atoms with Crippen molar-refractivity contribution in [3.8, 4) is 0 Å². The van der Waals surface area contributed by atoms with Gasteiger partial charge in [0.15, 0.2) is 0 Å². The van der Waals surface area contributed by atoms with Gasteiger partial charge < -0.3 is 10.2 Å². The van der Waals surface area contributed by atoms with Crippen molar-refractivity contribution in [2.24, 2.45) is 11.3 Å². The van der Waals surface area contributed by atoms with Crippen molar-refractivity contribution in [3.63, 3.8) is 0 Å². The molecule has 1 atom stereocenters. The summed E-state index contributed by atoms with van der Waals surface area (Å²) in [5.41, 5.74) is 0.437. The van der Waals surface area contributed by atoms with Gasteiger partial charge in [-0.25, -0.2) is 13.1 Å². The molecule has 0 aromatic carbocycles. The molecule has 1 aliphatic carbocycles. The smallest absolute Gasteiger partial charge is 0.211 e. The monoisotopic (exact) mass is 287 g/mol. The van der Waals surface area contributed by atoms with Gasteiger partial charge in [-0.05, 0) is 50.6 Å². The fourth-order valence-corrected chi connectivity index (χ4v) is 4.77. The van der Waals surface area contributed by atoms with Gasteiger partial charge in [-0.1, -0.05) is 0 Å². The molecule has 2 N–H and O–H groups in total. The lowest BCUT2D eigenvalue weighted by Gasteiger charge is -2.59. The number of nitrogens with zero attached hydrogens (tertiary/aromatic N) is 1. The van der Waals surface area contributed by atoms with E-state index < -0.39 is 10.0 Å². The molecule has 2 aliphatic heterocycles. The summed E-state index contributed by atoms with van der Waals surface area (Å²) in [4.78, 5) is 2.54. The van der Waals surface area contributed by atoms with Gasteiger partial charge in [0.05, 0.1) is 5.75 Å². The van der Waals surface area contributed by atoms with Crippen LogP contribution >= 0.6 is 0 Å². The molecule has 0 bridgehead atoms. The van der Waals surface area contributed by atoms with Crippen molar-refractivity contribution < 1.29 is 8.42 Å². The molecule has 0 aromatic rings. The molecular weight excluding hydrogens is 262 g/mol. The second kappa shape index (κ2) is 4.98. The predicted molar refractivity (Wildman–Crippen MR) is 75.5 cm³/mol. The van der Waals surface area contributed by atoms with Crippen LogP contribution in [0.15, 0.2) is 0 Å². The van der Waals surface area contributed by atoms with E-state index in [9.17, 15) is 8.42 Å². The van der Waals surface area contributed by atoms with E-state index in [0.29, 0.717) is 5.41 Å². The highest BCUT2D eigenvalue weighted by Crippen LogP contribution is 2.48. The first-order valence-corrected chi connectivity index (χ1v) is 9.09. The van der Waals surface area contributed by atoms with E-state index in [4.69, 9.17) is 0 Å². The summed E-state index contributed by atoms with van der Waals surface area (Å²) in [6, 6.07) is 0.195. The third-order valence-corrected chi connectivity index (χ3v) is 6.33. The van der Waals surface area contributed by atoms with E-state index in [1.807, 2.05) is 0 Å². The molecule has 3 aliphatic rings. The van der Waals surface area contributed by atoms with Gasteiger partial charge in [0.2, 0.25) is 10.0 Å². The van der Waals surface area contributed by atoms with E-state index in [-0.39, 0.29) is 11.8 Å². The Balaban J connectivity index is 1.38. The highest BCUT2D eigenvalue weighted by Gasteiger charge is 2.52. The molecule has 1 spiro atoms. The zero-order chi connectivity index (χ0) is 13.5. The fraction of sp³-hybridized carbons (Fsp3) is 1.00. The number of hydrogen-bond acceptors (Lipinski definition) is 4.